The van der Waals surface area contributed by atoms with Gasteiger partial charge in [0.2, 0.25) is 5.91 Å². The Morgan fingerprint density at radius 2 is 2.24 bits per heavy atom. The van der Waals surface area contributed by atoms with Crippen LogP contribution >= 0.6 is 11.8 Å². The van der Waals surface area contributed by atoms with E-state index in [-0.39, 0.29) is 29.4 Å². The molecule has 1 aliphatic rings. The van der Waals surface area contributed by atoms with Crippen LogP contribution in [0.5, 0.6) is 0 Å². The zero-order chi connectivity index (χ0) is 12.9. The minimum Gasteiger partial charge on any atom is -0.395 e. The first-order chi connectivity index (χ1) is 8.06. The van der Waals surface area contributed by atoms with E-state index < -0.39 is 0 Å². The zero-order valence-electron chi connectivity index (χ0n) is 10.9. The van der Waals surface area contributed by atoms with Crippen LogP contribution in [0.1, 0.15) is 32.6 Å². The van der Waals surface area contributed by atoms with Crippen molar-refractivity contribution in [3.05, 3.63) is 0 Å². The largest absolute Gasteiger partial charge is 0.395 e. The molecule has 0 aromatic carbocycles. The molecule has 0 bridgehead atoms. The van der Waals surface area contributed by atoms with Gasteiger partial charge >= 0.3 is 0 Å². The smallest absolute Gasteiger partial charge is 0.223 e. The lowest BCUT2D eigenvalue weighted by atomic mass is 9.77. The molecule has 0 aromatic rings. The minimum absolute atomic E-state index is 0.0171. The van der Waals surface area contributed by atoms with Gasteiger partial charge in [0.25, 0.3) is 0 Å². The second kappa shape index (κ2) is 6.61. The molecular formula is C12H23NO3S. The number of carbonyl (C=O) groups is 1. The van der Waals surface area contributed by atoms with E-state index in [9.17, 15) is 4.79 Å². The third kappa shape index (κ3) is 3.86. The Bertz CT molecular complexity index is 247. The van der Waals surface area contributed by atoms with E-state index in [1.807, 2.05) is 13.2 Å². The van der Waals surface area contributed by atoms with Gasteiger partial charge in [0.15, 0.2) is 0 Å². The van der Waals surface area contributed by atoms with E-state index >= 15 is 0 Å². The molecule has 4 nitrogen and oxygen atoms in total. The van der Waals surface area contributed by atoms with Crippen LogP contribution in [0.25, 0.3) is 0 Å². The van der Waals surface area contributed by atoms with Crippen LogP contribution in [0.15, 0.2) is 0 Å². The number of nitrogens with one attached hydrogen (secondary N) is 1. The summed E-state index contributed by atoms with van der Waals surface area (Å²) in [6, 6.07) is -0.0171. The van der Waals surface area contributed by atoms with Crippen LogP contribution in [0, 0.1) is 0 Å². The molecular weight excluding hydrogens is 238 g/mol. The van der Waals surface area contributed by atoms with Crippen molar-refractivity contribution in [3.63, 3.8) is 0 Å². The van der Waals surface area contributed by atoms with Crippen LogP contribution in [0.2, 0.25) is 0 Å². The predicted octanol–water partition coefficient (Wildman–Crippen LogP) is 1.17. The molecule has 5 heteroatoms. The van der Waals surface area contributed by atoms with E-state index in [2.05, 4.69) is 5.32 Å². The summed E-state index contributed by atoms with van der Waals surface area (Å²) in [6.07, 6.45) is 5.45. The number of thioether (sulfide) groups is 1. The number of methoxy groups -OCH3 is 1. The average molecular weight is 261 g/mol. The molecule has 0 aliphatic heterocycles. The van der Waals surface area contributed by atoms with Crippen molar-refractivity contribution in [2.75, 3.05) is 20.0 Å². The first kappa shape index (κ1) is 14.8. The molecule has 2 N–H and O–H groups in total. The van der Waals surface area contributed by atoms with E-state index in [1.165, 1.54) is 0 Å². The third-order valence-electron chi connectivity index (χ3n) is 3.61. The van der Waals surface area contributed by atoms with Crippen LogP contribution in [-0.2, 0) is 9.53 Å². The highest BCUT2D eigenvalue weighted by Crippen LogP contribution is 2.37. The summed E-state index contributed by atoms with van der Waals surface area (Å²) < 4.78 is 5.42. The number of hydrogen-bond acceptors (Lipinski definition) is 4. The number of amides is 1. The molecule has 17 heavy (non-hydrogen) atoms. The fourth-order valence-electron chi connectivity index (χ4n) is 2.15. The molecule has 2 atom stereocenters. The molecule has 1 fully saturated rings. The van der Waals surface area contributed by atoms with Crippen LogP contribution in [-0.4, -0.2) is 47.9 Å². The lowest BCUT2D eigenvalue weighted by Gasteiger charge is -2.40. The van der Waals surface area contributed by atoms with Crippen molar-refractivity contribution in [1.82, 2.24) is 5.32 Å². The minimum atomic E-state index is -0.224. The molecule has 1 saturated carbocycles. The van der Waals surface area contributed by atoms with Crippen molar-refractivity contribution in [2.24, 2.45) is 0 Å². The van der Waals surface area contributed by atoms with Gasteiger partial charge in [-0.15, -0.1) is 0 Å². The van der Waals surface area contributed by atoms with E-state index in [4.69, 9.17) is 9.84 Å². The van der Waals surface area contributed by atoms with Gasteiger partial charge in [0.05, 0.1) is 18.6 Å². The topological polar surface area (TPSA) is 58.6 Å². The molecule has 0 aromatic heterocycles. The maximum absolute atomic E-state index is 11.9. The number of aliphatic hydroxyl groups is 1. The molecule has 0 spiro atoms. The van der Waals surface area contributed by atoms with Crippen LogP contribution in [0.4, 0.5) is 0 Å². The Balaban J connectivity index is 2.38. The number of aliphatic hydroxyl groups excluding tert-OH is 1. The van der Waals surface area contributed by atoms with Crippen molar-refractivity contribution >= 4 is 17.7 Å². The van der Waals surface area contributed by atoms with Gasteiger partial charge in [-0.3, -0.25) is 4.79 Å². The van der Waals surface area contributed by atoms with Gasteiger partial charge in [0, 0.05) is 18.4 Å². The Kier molecular flexibility index (Phi) is 5.76. The fraction of sp³-hybridized carbons (Fsp3) is 0.917. The van der Waals surface area contributed by atoms with Gasteiger partial charge in [-0.05, 0) is 32.4 Å². The monoisotopic (exact) mass is 261 g/mol. The molecule has 0 heterocycles. The highest BCUT2D eigenvalue weighted by molar-refractivity contribution is 7.99. The lowest BCUT2D eigenvalue weighted by Crippen LogP contribution is -2.47. The molecule has 100 valence electrons. The zero-order valence-corrected chi connectivity index (χ0v) is 11.7. The SMILES string of the molecule is COC1(CC(=O)NC(C)C(CO)SC)CCC1. The summed E-state index contributed by atoms with van der Waals surface area (Å²) in [7, 11) is 1.67. The molecule has 2 unspecified atom stereocenters. The average Bonchev–Trinajstić information content (AvgIpc) is 2.25. The van der Waals surface area contributed by atoms with Crippen molar-refractivity contribution < 1.29 is 14.6 Å². The molecule has 1 aliphatic carbocycles. The highest BCUT2D eigenvalue weighted by atomic mass is 32.2. The summed E-state index contributed by atoms with van der Waals surface area (Å²) in [5.74, 6) is 0.0200. The van der Waals surface area contributed by atoms with Crippen molar-refractivity contribution in [2.45, 2.75) is 49.5 Å². The summed E-state index contributed by atoms with van der Waals surface area (Å²) in [4.78, 5) is 11.9. The first-order valence-corrected chi connectivity index (χ1v) is 7.34. The van der Waals surface area contributed by atoms with Gasteiger partial charge in [-0.25, -0.2) is 0 Å². The van der Waals surface area contributed by atoms with Crippen LogP contribution in [0.3, 0.4) is 0 Å². The number of ether oxygens (including phenoxy) is 1. The Morgan fingerprint density at radius 1 is 1.59 bits per heavy atom. The Morgan fingerprint density at radius 3 is 2.59 bits per heavy atom. The predicted molar refractivity (Wildman–Crippen MR) is 70.2 cm³/mol. The Hall–Kier alpha value is -0.260. The highest BCUT2D eigenvalue weighted by Gasteiger charge is 2.39. The number of rotatable bonds is 7. The maximum atomic E-state index is 11.9. The summed E-state index contributed by atoms with van der Waals surface area (Å²) in [5.41, 5.74) is -0.224. The van der Waals surface area contributed by atoms with Gasteiger partial charge in [-0.1, -0.05) is 0 Å². The first-order valence-electron chi connectivity index (χ1n) is 6.05. The summed E-state index contributed by atoms with van der Waals surface area (Å²) in [6.45, 7) is 2.01. The maximum Gasteiger partial charge on any atom is 0.223 e. The van der Waals surface area contributed by atoms with Gasteiger partial charge in [-0.2, -0.15) is 11.8 Å². The van der Waals surface area contributed by atoms with Crippen LogP contribution < -0.4 is 5.32 Å². The fourth-order valence-corrected chi connectivity index (χ4v) is 2.78. The van der Waals surface area contributed by atoms with Gasteiger partial charge < -0.3 is 15.2 Å². The molecule has 0 radical (unpaired) electrons. The molecule has 1 rings (SSSR count). The van der Waals surface area contributed by atoms with E-state index in [0.717, 1.165) is 19.3 Å². The lowest BCUT2D eigenvalue weighted by molar-refractivity contribution is -0.134. The summed E-state index contributed by atoms with van der Waals surface area (Å²) in [5, 5.41) is 12.1. The van der Waals surface area contributed by atoms with E-state index in [0.29, 0.717) is 6.42 Å². The summed E-state index contributed by atoms with van der Waals surface area (Å²) >= 11 is 1.57. The molecule has 1 amide bonds. The van der Waals surface area contributed by atoms with Gasteiger partial charge in [0.1, 0.15) is 0 Å². The number of carbonyl (C=O) groups excluding carboxylic acids is 1. The second-order valence-corrected chi connectivity index (χ2v) is 5.81. The molecule has 0 saturated heterocycles. The Labute approximate surface area is 107 Å². The van der Waals surface area contributed by atoms with Crippen molar-refractivity contribution in [1.29, 1.82) is 0 Å². The standard InChI is InChI=1S/C12H23NO3S/c1-9(10(8-14)17-3)13-11(15)7-12(16-2)5-4-6-12/h9-10,14H,4-8H2,1-3H3,(H,13,15). The third-order valence-corrected chi connectivity index (χ3v) is 4.77. The normalized spacial score (nSPS) is 21.4. The quantitative estimate of drug-likeness (QED) is 0.722. The number of hydrogen-bond donors (Lipinski definition) is 2. The van der Waals surface area contributed by atoms with Crippen molar-refractivity contribution in [3.8, 4) is 0 Å². The van der Waals surface area contributed by atoms with E-state index in [1.54, 1.807) is 18.9 Å². The second-order valence-electron chi connectivity index (χ2n) is 4.73.